The second kappa shape index (κ2) is 9.93. The Morgan fingerprint density at radius 2 is 1.65 bits per heavy atom. The molecule has 2 aliphatic heterocycles. The molecule has 184 valence electrons. The van der Waals surface area contributed by atoms with Gasteiger partial charge >= 0.3 is 0 Å². The first-order chi connectivity index (χ1) is 16.2. The van der Waals surface area contributed by atoms with Gasteiger partial charge in [-0.1, -0.05) is 6.92 Å². The molecule has 0 spiro atoms. The van der Waals surface area contributed by atoms with Gasteiger partial charge < -0.3 is 9.80 Å². The van der Waals surface area contributed by atoms with E-state index in [2.05, 4.69) is 21.8 Å². The summed E-state index contributed by atoms with van der Waals surface area (Å²) in [6.07, 6.45) is 8.28. The summed E-state index contributed by atoms with van der Waals surface area (Å²) < 4.78 is 52.5. The van der Waals surface area contributed by atoms with E-state index in [1.165, 1.54) is 0 Å². The van der Waals surface area contributed by atoms with Crippen LogP contribution in [-0.2, 0) is 27.5 Å². The molecule has 7 nitrogen and oxygen atoms in total. The van der Waals surface area contributed by atoms with Crippen LogP contribution in [0.1, 0.15) is 43.7 Å². The number of carbonyl (C=O) groups excluding carboxylic acids is 1. The van der Waals surface area contributed by atoms with Gasteiger partial charge in [0.2, 0.25) is 11.9 Å². The molecule has 0 N–H and O–H groups in total. The van der Waals surface area contributed by atoms with Crippen molar-refractivity contribution >= 4 is 21.7 Å². The maximum Gasteiger partial charge on any atom is 0.226 e. The normalized spacial score (nSPS) is 20.1. The fraction of sp³-hybridized carbons (Fsp3) is 0.542. The van der Waals surface area contributed by atoms with Gasteiger partial charge in [0.15, 0.2) is 9.84 Å². The molecule has 1 aromatic heterocycles. The zero-order chi connectivity index (χ0) is 24.5. The predicted molar refractivity (Wildman–Crippen MR) is 124 cm³/mol. The minimum absolute atomic E-state index is 0.0729. The van der Waals surface area contributed by atoms with Gasteiger partial charge in [-0.05, 0) is 56.2 Å². The van der Waals surface area contributed by atoms with Gasteiger partial charge in [0.25, 0.3) is 0 Å². The fourth-order valence-electron chi connectivity index (χ4n) is 4.83. The third kappa shape index (κ3) is 5.21. The number of likely N-dealkylation sites (tertiary alicyclic amines) is 1. The van der Waals surface area contributed by atoms with Crippen LogP contribution in [0.15, 0.2) is 29.4 Å². The first-order valence-electron chi connectivity index (χ1n) is 11.7. The Hall–Kier alpha value is -2.62. The molecule has 1 aromatic carbocycles. The smallest absolute Gasteiger partial charge is 0.226 e. The molecule has 4 rings (SSSR count). The van der Waals surface area contributed by atoms with Crippen molar-refractivity contribution in [1.29, 1.82) is 0 Å². The Balaban J connectivity index is 1.41. The van der Waals surface area contributed by atoms with Crippen LogP contribution in [0.2, 0.25) is 0 Å². The highest BCUT2D eigenvalue weighted by atomic mass is 32.2. The van der Waals surface area contributed by atoms with Gasteiger partial charge in [-0.3, -0.25) is 4.79 Å². The molecule has 0 aliphatic carbocycles. The van der Waals surface area contributed by atoms with Crippen LogP contribution < -0.4 is 4.90 Å². The molecule has 0 bridgehead atoms. The zero-order valence-corrected chi connectivity index (χ0v) is 20.3. The first kappa shape index (κ1) is 24.5. The summed E-state index contributed by atoms with van der Waals surface area (Å²) in [5.41, 5.74) is 0.859. The lowest BCUT2D eigenvalue weighted by Crippen LogP contribution is -2.52. The van der Waals surface area contributed by atoms with Crippen LogP contribution in [-0.4, -0.2) is 61.1 Å². The van der Waals surface area contributed by atoms with E-state index < -0.39 is 32.3 Å². The van der Waals surface area contributed by atoms with Crippen molar-refractivity contribution in [1.82, 2.24) is 14.9 Å². The summed E-state index contributed by atoms with van der Waals surface area (Å²) in [5, 5.41) is 0. The van der Waals surface area contributed by atoms with Crippen LogP contribution in [0.4, 0.5) is 14.7 Å². The number of sulfone groups is 1. The van der Waals surface area contributed by atoms with Gasteiger partial charge in [-0.2, -0.15) is 0 Å². The lowest BCUT2D eigenvalue weighted by molar-refractivity contribution is -0.141. The number of rotatable bonds is 6. The Bertz CT molecular complexity index is 1130. The van der Waals surface area contributed by atoms with Crippen molar-refractivity contribution in [3.63, 3.8) is 0 Å². The number of hydrogen-bond acceptors (Lipinski definition) is 6. The SMILES string of the molecule is CCc1cnc(N2CCC(N3CCC[C@H](Cc4c(F)cc(S(C)(=O)=O)cc4F)C3=O)CC2)nc1. The Kier molecular flexibility index (Phi) is 7.16. The number of halogens is 2. The number of anilines is 1. The lowest BCUT2D eigenvalue weighted by atomic mass is 9.88. The molecule has 10 heteroatoms. The molecule has 0 radical (unpaired) electrons. The predicted octanol–water partition coefficient (Wildman–Crippen LogP) is 3.17. The average Bonchev–Trinajstić information content (AvgIpc) is 2.82. The van der Waals surface area contributed by atoms with E-state index in [9.17, 15) is 22.0 Å². The van der Waals surface area contributed by atoms with Crippen LogP contribution >= 0.6 is 0 Å². The van der Waals surface area contributed by atoms with Gasteiger partial charge in [-0.25, -0.2) is 27.2 Å². The molecule has 1 atom stereocenters. The highest BCUT2D eigenvalue weighted by Gasteiger charge is 2.36. The first-order valence-corrected chi connectivity index (χ1v) is 13.6. The number of hydrogen-bond donors (Lipinski definition) is 0. The van der Waals surface area contributed by atoms with Crippen LogP contribution in [0, 0.1) is 17.6 Å². The number of piperidine rings is 2. The van der Waals surface area contributed by atoms with Crippen molar-refractivity contribution in [2.24, 2.45) is 5.92 Å². The minimum Gasteiger partial charge on any atom is -0.341 e. The van der Waals surface area contributed by atoms with Crippen molar-refractivity contribution in [2.75, 3.05) is 30.8 Å². The van der Waals surface area contributed by atoms with E-state index in [1.807, 2.05) is 17.3 Å². The Morgan fingerprint density at radius 3 is 2.21 bits per heavy atom. The van der Waals surface area contributed by atoms with Crippen molar-refractivity contribution < 1.29 is 22.0 Å². The second-order valence-corrected chi connectivity index (χ2v) is 11.2. The van der Waals surface area contributed by atoms with E-state index in [4.69, 9.17) is 0 Å². The molecular formula is C24H30F2N4O3S. The number of nitrogens with zero attached hydrogens (tertiary/aromatic N) is 4. The molecule has 0 saturated carbocycles. The average molecular weight is 493 g/mol. The van der Waals surface area contributed by atoms with Crippen molar-refractivity contribution in [3.8, 4) is 0 Å². The van der Waals surface area contributed by atoms with E-state index in [0.29, 0.717) is 18.9 Å². The lowest BCUT2D eigenvalue weighted by Gasteiger charge is -2.42. The summed E-state index contributed by atoms with van der Waals surface area (Å²) in [7, 11) is -3.73. The summed E-state index contributed by atoms with van der Waals surface area (Å²) in [6, 6.07) is 1.75. The van der Waals surface area contributed by atoms with Crippen molar-refractivity contribution in [3.05, 3.63) is 47.3 Å². The summed E-state index contributed by atoms with van der Waals surface area (Å²) >= 11 is 0. The fourth-order valence-corrected chi connectivity index (χ4v) is 5.47. The second-order valence-electron chi connectivity index (χ2n) is 9.18. The summed E-state index contributed by atoms with van der Waals surface area (Å²) in [6.45, 7) is 4.17. The highest BCUT2D eigenvalue weighted by Crippen LogP contribution is 2.30. The monoisotopic (exact) mass is 492 g/mol. The van der Waals surface area contributed by atoms with E-state index in [0.717, 1.165) is 62.7 Å². The van der Waals surface area contributed by atoms with E-state index in [1.54, 1.807) is 0 Å². The maximum absolute atomic E-state index is 14.6. The largest absolute Gasteiger partial charge is 0.341 e. The number of benzene rings is 1. The molecular weight excluding hydrogens is 462 g/mol. The highest BCUT2D eigenvalue weighted by molar-refractivity contribution is 7.90. The number of aromatic nitrogens is 2. The summed E-state index contributed by atoms with van der Waals surface area (Å²) in [4.78, 5) is 25.7. The van der Waals surface area contributed by atoms with Crippen molar-refractivity contribution in [2.45, 2.75) is 56.4 Å². The standard InChI is InChI=1S/C24H30F2N4O3S/c1-3-16-14-27-24(28-15-16)29-9-6-18(7-10-29)30-8-4-5-17(23(30)31)11-20-21(25)12-19(13-22(20)26)34(2,32)33/h12-15,17-18H,3-11H2,1-2H3/t17-/m1/s1. The molecule has 2 fully saturated rings. The number of amides is 1. The quantitative estimate of drug-likeness (QED) is 0.616. The topological polar surface area (TPSA) is 83.5 Å². The number of aryl methyl sites for hydroxylation is 1. The van der Waals surface area contributed by atoms with Gasteiger partial charge in [0, 0.05) is 55.8 Å². The van der Waals surface area contributed by atoms with Crippen LogP contribution in [0.25, 0.3) is 0 Å². The van der Waals surface area contributed by atoms with Crippen LogP contribution in [0.3, 0.4) is 0 Å². The third-order valence-corrected chi connectivity index (χ3v) is 7.96. The molecule has 0 unspecified atom stereocenters. The van der Waals surface area contributed by atoms with Gasteiger partial charge in [0.1, 0.15) is 11.6 Å². The minimum atomic E-state index is -3.73. The molecule has 34 heavy (non-hydrogen) atoms. The molecule has 2 saturated heterocycles. The molecule has 3 heterocycles. The third-order valence-electron chi connectivity index (χ3n) is 6.87. The summed E-state index contributed by atoms with van der Waals surface area (Å²) in [5.74, 6) is -1.76. The number of carbonyl (C=O) groups is 1. The zero-order valence-electron chi connectivity index (χ0n) is 19.5. The molecule has 2 aliphatic rings. The Labute approximate surface area is 199 Å². The van der Waals surface area contributed by atoms with Gasteiger partial charge in [-0.15, -0.1) is 0 Å². The molecule has 1 amide bonds. The van der Waals surface area contributed by atoms with Crippen LogP contribution in [0.5, 0.6) is 0 Å². The van der Waals surface area contributed by atoms with E-state index >= 15 is 0 Å². The molecule has 2 aromatic rings. The maximum atomic E-state index is 14.6. The van der Waals surface area contributed by atoms with Gasteiger partial charge in [0.05, 0.1) is 4.90 Å². The Morgan fingerprint density at radius 1 is 1.03 bits per heavy atom. The van der Waals surface area contributed by atoms with E-state index in [-0.39, 0.29) is 23.9 Å².